The van der Waals surface area contributed by atoms with Crippen LogP contribution in [-0.4, -0.2) is 24.5 Å². The summed E-state index contributed by atoms with van der Waals surface area (Å²) in [4.78, 5) is 15.9. The standard InChI is InChI=1S/C15H12ClN3O5S/c16-10-3-5-11(6-4-10)25(21,22)19-13(20)7-8-14-17-15(18-24-14)12-2-1-9-23-12/h1-6,9H,7-8H2,(H,19,20). The van der Waals surface area contributed by atoms with Gasteiger partial charge in [0.15, 0.2) is 5.76 Å². The highest BCUT2D eigenvalue weighted by atomic mass is 35.5. The van der Waals surface area contributed by atoms with Gasteiger partial charge in [0.05, 0.1) is 11.2 Å². The second kappa shape index (κ2) is 7.08. The van der Waals surface area contributed by atoms with Crippen LogP contribution in [-0.2, 0) is 21.2 Å². The zero-order valence-electron chi connectivity index (χ0n) is 12.7. The Balaban J connectivity index is 1.58. The number of halogens is 1. The molecule has 1 amide bonds. The molecule has 10 heteroatoms. The van der Waals surface area contributed by atoms with E-state index in [9.17, 15) is 13.2 Å². The van der Waals surface area contributed by atoms with Crippen LogP contribution in [0.15, 0.2) is 56.5 Å². The molecule has 130 valence electrons. The van der Waals surface area contributed by atoms with E-state index >= 15 is 0 Å². The van der Waals surface area contributed by atoms with E-state index in [1.165, 1.54) is 30.5 Å². The zero-order chi connectivity index (χ0) is 17.9. The van der Waals surface area contributed by atoms with E-state index in [0.717, 1.165) is 0 Å². The Labute approximate surface area is 147 Å². The number of aryl methyl sites for hydroxylation is 1. The highest BCUT2D eigenvalue weighted by Gasteiger charge is 2.18. The van der Waals surface area contributed by atoms with Gasteiger partial charge >= 0.3 is 0 Å². The quantitative estimate of drug-likeness (QED) is 0.697. The van der Waals surface area contributed by atoms with Crippen molar-refractivity contribution in [1.29, 1.82) is 0 Å². The summed E-state index contributed by atoms with van der Waals surface area (Å²) in [6.07, 6.45) is 1.43. The zero-order valence-corrected chi connectivity index (χ0v) is 14.2. The van der Waals surface area contributed by atoms with Crippen molar-refractivity contribution in [3.63, 3.8) is 0 Å². The number of aromatic nitrogens is 2. The average molecular weight is 382 g/mol. The minimum absolute atomic E-state index is 0.0526. The smallest absolute Gasteiger partial charge is 0.264 e. The van der Waals surface area contributed by atoms with Gasteiger partial charge in [-0.05, 0) is 36.4 Å². The van der Waals surface area contributed by atoms with Crippen molar-refractivity contribution in [2.45, 2.75) is 17.7 Å². The first-order chi connectivity index (χ1) is 11.9. The summed E-state index contributed by atoms with van der Waals surface area (Å²) in [5.41, 5.74) is 0. The predicted octanol–water partition coefficient (Wildman–Crippen LogP) is 2.42. The Hall–Kier alpha value is -2.65. The van der Waals surface area contributed by atoms with Crippen LogP contribution in [0.25, 0.3) is 11.6 Å². The Kier molecular flexibility index (Phi) is 4.86. The number of hydrogen-bond donors (Lipinski definition) is 1. The van der Waals surface area contributed by atoms with Crippen LogP contribution in [0.4, 0.5) is 0 Å². The molecule has 0 saturated carbocycles. The number of nitrogens with zero attached hydrogens (tertiary/aromatic N) is 2. The maximum atomic E-state index is 12.1. The van der Waals surface area contributed by atoms with Crippen molar-refractivity contribution in [1.82, 2.24) is 14.9 Å². The van der Waals surface area contributed by atoms with Crippen molar-refractivity contribution >= 4 is 27.5 Å². The number of amides is 1. The lowest BCUT2D eigenvalue weighted by molar-refractivity contribution is -0.119. The van der Waals surface area contributed by atoms with Gasteiger partial charge in [0.2, 0.25) is 17.6 Å². The normalized spacial score (nSPS) is 11.4. The van der Waals surface area contributed by atoms with Crippen LogP contribution >= 0.6 is 11.6 Å². The molecule has 25 heavy (non-hydrogen) atoms. The molecule has 0 aliphatic rings. The minimum atomic E-state index is -3.95. The number of nitrogens with one attached hydrogen (secondary N) is 1. The van der Waals surface area contributed by atoms with Crippen LogP contribution in [0, 0.1) is 0 Å². The van der Waals surface area contributed by atoms with Gasteiger partial charge in [-0.25, -0.2) is 13.1 Å². The third kappa shape index (κ3) is 4.25. The number of sulfonamides is 1. The van der Waals surface area contributed by atoms with Crippen LogP contribution in [0.1, 0.15) is 12.3 Å². The number of furan rings is 1. The lowest BCUT2D eigenvalue weighted by Crippen LogP contribution is -2.30. The van der Waals surface area contributed by atoms with Gasteiger partial charge in [0.25, 0.3) is 10.0 Å². The summed E-state index contributed by atoms with van der Waals surface area (Å²) in [5, 5.41) is 4.12. The molecule has 0 fully saturated rings. The van der Waals surface area contributed by atoms with Gasteiger partial charge in [-0.2, -0.15) is 4.98 Å². The summed E-state index contributed by atoms with van der Waals surface area (Å²) in [7, 11) is -3.95. The predicted molar refractivity (Wildman–Crippen MR) is 87.1 cm³/mol. The largest absolute Gasteiger partial charge is 0.461 e. The molecule has 2 aromatic heterocycles. The Bertz CT molecular complexity index is 965. The molecule has 1 N–H and O–H groups in total. The Morgan fingerprint density at radius 1 is 1.20 bits per heavy atom. The molecule has 3 rings (SSSR count). The molecule has 0 aliphatic heterocycles. The highest BCUT2D eigenvalue weighted by Crippen LogP contribution is 2.17. The SMILES string of the molecule is O=C(CCc1nc(-c2ccco2)no1)NS(=O)(=O)c1ccc(Cl)cc1. The summed E-state index contributed by atoms with van der Waals surface area (Å²) < 4.78 is 36.3. The van der Waals surface area contributed by atoms with Gasteiger partial charge in [-0.15, -0.1) is 0 Å². The first-order valence-electron chi connectivity index (χ1n) is 7.12. The molecule has 0 saturated heterocycles. The van der Waals surface area contributed by atoms with Gasteiger partial charge < -0.3 is 8.94 Å². The second-order valence-corrected chi connectivity index (χ2v) is 7.09. The average Bonchev–Trinajstić information content (AvgIpc) is 3.24. The maximum absolute atomic E-state index is 12.1. The lowest BCUT2D eigenvalue weighted by Gasteiger charge is -2.06. The first kappa shape index (κ1) is 17.2. The second-order valence-electron chi connectivity index (χ2n) is 4.97. The monoisotopic (exact) mass is 381 g/mol. The van der Waals surface area contributed by atoms with E-state index in [0.29, 0.717) is 10.8 Å². The molecule has 2 heterocycles. The molecule has 0 unspecified atom stereocenters. The van der Waals surface area contributed by atoms with Gasteiger partial charge in [0, 0.05) is 17.9 Å². The molecule has 0 radical (unpaired) electrons. The number of benzene rings is 1. The van der Waals surface area contributed by atoms with Crippen LogP contribution in [0.5, 0.6) is 0 Å². The van der Waals surface area contributed by atoms with Gasteiger partial charge in [0.1, 0.15) is 0 Å². The third-order valence-corrected chi connectivity index (χ3v) is 4.79. The van der Waals surface area contributed by atoms with Crippen LogP contribution in [0.2, 0.25) is 5.02 Å². The van der Waals surface area contributed by atoms with E-state index < -0.39 is 15.9 Å². The summed E-state index contributed by atoms with van der Waals surface area (Å²) in [5.74, 6) is 0.206. The molecule has 0 spiro atoms. The topological polar surface area (TPSA) is 115 Å². The van der Waals surface area contributed by atoms with Crippen LogP contribution in [0.3, 0.4) is 0 Å². The fraction of sp³-hybridized carbons (Fsp3) is 0.133. The molecule has 3 aromatic rings. The van der Waals surface area contributed by atoms with E-state index in [-0.39, 0.29) is 29.5 Å². The van der Waals surface area contributed by atoms with Crippen molar-refractivity contribution in [2.24, 2.45) is 0 Å². The van der Waals surface area contributed by atoms with Gasteiger partial charge in [-0.3, -0.25) is 4.79 Å². The molecule has 0 atom stereocenters. The summed E-state index contributed by atoms with van der Waals surface area (Å²) in [6.45, 7) is 0. The number of hydrogen-bond acceptors (Lipinski definition) is 7. The minimum Gasteiger partial charge on any atom is -0.461 e. The maximum Gasteiger partial charge on any atom is 0.264 e. The molecular weight excluding hydrogens is 370 g/mol. The molecule has 8 nitrogen and oxygen atoms in total. The van der Waals surface area contributed by atoms with Crippen molar-refractivity contribution in [2.75, 3.05) is 0 Å². The first-order valence-corrected chi connectivity index (χ1v) is 8.98. The fourth-order valence-corrected chi connectivity index (χ4v) is 3.10. The highest BCUT2D eigenvalue weighted by molar-refractivity contribution is 7.90. The van der Waals surface area contributed by atoms with E-state index in [1.807, 2.05) is 4.72 Å². The fourth-order valence-electron chi connectivity index (χ4n) is 1.96. The van der Waals surface area contributed by atoms with E-state index in [4.69, 9.17) is 20.5 Å². The summed E-state index contributed by atoms with van der Waals surface area (Å²) >= 11 is 5.71. The van der Waals surface area contributed by atoms with Crippen molar-refractivity contribution in [3.8, 4) is 11.6 Å². The summed E-state index contributed by atoms with van der Waals surface area (Å²) in [6, 6.07) is 8.82. The number of rotatable bonds is 6. The Morgan fingerprint density at radius 3 is 2.64 bits per heavy atom. The number of carbonyl (C=O) groups is 1. The van der Waals surface area contributed by atoms with E-state index in [1.54, 1.807) is 12.1 Å². The number of carbonyl (C=O) groups excluding carboxylic acids is 1. The van der Waals surface area contributed by atoms with Gasteiger partial charge in [-0.1, -0.05) is 16.8 Å². The van der Waals surface area contributed by atoms with Crippen molar-refractivity contribution in [3.05, 3.63) is 53.6 Å². The van der Waals surface area contributed by atoms with Crippen LogP contribution < -0.4 is 4.72 Å². The molecule has 0 bridgehead atoms. The van der Waals surface area contributed by atoms with Crippen molar-refractivity contribution < 1.29 is 22.2 Å². The molecular formula is C15H12ClN3O5S. The molecule has 0 aliphatic carbocycles. The molecule has 1 aromatic carbocycles. The third-order valence-electron chi connectivity index (χ3n) is 3.15. The lowest BCUT2D eigenvalue weighted by atomic mass is 10.3. The van der Waals surface area contributed by atoms with E-state index in [2.05, 4.69) is 10.1 Å². The Morgan fingerprint density at radius 2 is 1.96 bits per heavy atom.